The highest BCUT2D eigenvalue weighted by atomic mass is 16.1. The number of amides is 1. The van der Waals surface area contributed by atoms with Crippen molar-refractivity contribution in [1.29, 1.82) is 0 Å². The van der Waals surface area contributed by atoms with Gasteiger partial charge >= 0.3 is 0 Å². The van der Waals surface area contributed by atoms with Crippen molar-refractivity contribution < 1.29 is 4.79 Å². The Balaban J connectivity index is 1.33. The lowest BCUT2D eigenvalue weighted by Crippen LogP contribution is -2.40. The van der Waals surface area contributed by atoms with E-state index in [1.165, 1.54) is 5.56 Å². The van der Waals surface area contributed by atoms with Crippen LogP contribution in [-0.2, 0) is 4.79 Å². The van der Waals surface area contributed by atoms with E-state index < -0.39 is 0 Å². The fraction of sp³-hybridized carbons (Fsp3) is 0.250. The molecule has 0 radical (unpaired) electrons. The molecule has 5 heteroatoms. The molecule has 1 amide bonds. The van der Waals surface area contributed by atoms with Gasteiger partial charge in [-0.25, -0.2) is 4.68 Å². The number of carbonyl (C=O) groups excluding carboxylic acids is 1. The fourth-order valence-corrected chi connectivity index (χ4v) is 3.73. The highest BCUT2D eigenvalue weighted by molar-refractivity contribution is 5.93. The van der Waals surface area contributed by atoms with Crippen molar-refractivity contribution in [3.8, 4) is 5.69 Å². The summed E-state index contributed by atoms with van der Waals surface area (Å²) in [5.74, 6) is 0.113. The topological polar surface area (TPSA) is 50.2 Å². The second-order valence-electron chi connectivity index (χ2n) is 7.40. The highest BCUT2D eigenvalue weighted by Crippen LogP contribution is 2.20. The summed E-state index contributed by atoms with van der Waals surface area (Å²) in [5, 5.41) is 7.34. The molecule has 1 fully saturated rings. The van der Waals surface area contributed by atoms with E-state index in [2.05, 4.69) is 39.6 Å². The lowest BCUT2D eigenvalue weighted by molar-refractivity contribution is -0.121. The SMILES string of the molecule is O=C(Nc1cccc(-n2cccn2)c1)[C@H]1CCCN(C/C=C/c2ccccc2)C1. The Kier molecular flexibility index (Phi) is 6.17. The predicted molar refractivity (Wildman–Crippen MR) is 117 cm³/mol. The van der Waals surface area contributed by atoms with E-state index in [4.69, 9.17) is 0 Å². The minimum atomic E-state index is 0.0160. The number of hydrogen-bond acceptors (Lipinski definition) is 3. The maximum absolute atomic E-state index is 12.8. The molecule has 2 aromatic carbocycles. The normalized spacial score (nSPS) is 17.4. The van der Waals surface area contributed by atoms with E-state index in [1.807, 2.05) is 54.7 Å². The van der Waals surface area contributed by atoms with Gasteiger partial charge in [0.05, 0.1) is 11.6 Å². The number of piperidine rings is 1. The monoisotopic (exact) mass is 386 g/mol. The van der Waals surface area contributed by atoms with Gasteiger partial charge in [-0.15, -0.1) is 0 Å². The smallest absolute Gasteiger partial charge is 0.228 e. The Labute approximate surface area is 171 Å². The number of hydrogen-bond donors (Lipinski definition) is 1. The highest BCUT2D eigenvalue weighted by Gasteiger charge is 2.25. The Hall–Kier alpha value is -3.18. The number of benzene rings is 2. The Bertz CT molecular complexity index is 950. The largest absolute Gasteiger partial charge is 0.326 e. The summed E-state index contributed by atoms with van der Waals surface area (Å²) in [5.41, 5.74) is 2.95. The molecule has 0 bridgehead atoms. The summed E-state index contributed by atoms with van der Waals surface area (Å²) in [4.78, 5) is 15.2. The van der Waals surface area contributed by atoms with Gasteiger partial charge in [-0.2, -0.15) is 5.10 Å². The van der Waals surface area contributed by atoms with Gasteiger partial charge in [0.25, 0.3) is 0 Å². The van der Waals surface area contributed by atoms with Crippen molar-refractivity contribution in [2.75, 3.05) is 25.0 Å². The molecule has 29 heavy (non-hydrogen) atoms. The average molecular weight is 386 g/mol. The van der Waals surface area contributed by atoms with Crippen LogP contribution in [0.5, 0.6) is 0 Å². The molecule has 0 spiro atoms. The number of anilines is 1. The van der Waals surface area contributed by atoms with Crippen LogP contribution in [0, 0.1) is 5.92 Å². The molecule has 2 heterocycles. The summed E-state index contributed by atoms with van der Waals surface area (Å²) >= 11 is 0. The second-order valence-corrected chi connectivity index (χ2v) is 7.40. The number of aromatic nitrogens is 2. The van der Waals surface area contributed by atoms with E-state index >= 15 is 0 Å². The first kappa shape index (κ1) is 19.2. The Morgan fingerprint density at radius 3 is 2.86 bits per heavy atom. The van der Waals surface area contributed by atoms with Crippen molar-refractivity contribution >= 4 is 17.7 Å². The third-order valence-electron chi connectivity index (χ3n) is 5.23. The average Bonchev–Trinajstić information content (AvgIpc) is 3.30. The van der Waals surface area contributed by atoms with Gasteiger partial charge in [0.1, 0.15) is 0 Å². The molecule has 1 atom stereocenters. The Morgan fingerprint density at radius 2 is 2.03 bits per heavy atom. The zero-order chi connectivity index (χ0) is 19.9. The summed E-state index contributed by atoms with van der Waals surface area (Å²) < 4.78 is 1.79. The van der Waals surface area contributed by atoms with Crippen molar-refractivity contribution in [1.82, 2.24) is 14.7 Å². The van der Waals surface area contributed by atoms with Gasteiger partial charge in [0.2, 0.25) is 5.91 Å². The van der Waals surface area contributed by atoms with E-state index in [-0.39, 0.29) is 11.8 Å². The summed E-state index contributed by atoms with van der Waals surface area (Å²) in [6.45, 7) is 2.70. The molecule has 5 nitrogen and oxygen atoms in total. The first-order valence-electron chi connectivity index (χ1n) is 10.1. The van der Waals surface area contributed by atoms with Gasteiger partial charge in [0, 0.05) is 31.2 Å². The van der Waals surface area contributed by atoms with Crippen molar-refractivity contribution in [2.45, 2.75) is 12.8 Å². The minimum absolute atomic E-state index is 0.0160. The molecule has 3 aromatic rings. The molecule has 148 valence electrons. The number of likely N-dealkylation sites (tertiary alicyclic amines) is 1. The van der Waals surface area contributed by atoms with Crippen LogP contribution in [-0.4, -0.2) is 40.2 Å². The van der Waals surface area contributed by atoms with Crippen LogP contribution in [0.25, 0.3) is 11.8 Å². The van der Waals surface area contributed by atoms with Crippen molar-refractivity contribution in [3.05, 3.63) is 84.7 Å². The zero-order valence-corrected chi connectivity index (χ0v) is 16.4. The van der Waals surface area contributed by atoms with Crippen molar-refractivity contribution in [3.63, 3.8) is 0 Å². The van der Waals surface area contributed by atoms with Crippen LogP contribution >= 0.6 is 0 Å². The number of carbonyl (C=O) groups is 1. The molecule has 0 saturated carbocycles. The maximum Gasteiger partial charge on any atom is 0.228 e. The molecule has 1 saturated heterocycles. The van der Waals surface area contributed by atoms with Crippen LogP contribution in [0.15, 0.2) is 79.1 Å². The van der Waals surface area contributed by atoms with E-state index in [1.54, 1.807) is 10.9 Å². The van der Waals surface area contributed by atoms with E-state index in [9.17, 15) is 4.79 Å². The second kappa shape index (κ2) is 9.34. The third-order valence-corrected chi connectivity index (χ3v) is 5.23. The van der Waals surface area contributed by atoms with E-state index in [0.717, 1.165) is 43.9 Å². The lowest BCUT2D eigenvalue weighted by atomic mass is 9.97. The number of nitrogens with one attached hydrogen (secondary N) is 1. The maximum atomic E-state index is 12.8. The predicted octanol–water partition coefficient (Wildman–Crippen LogP) is 4.24. The van der Waals surface area contributed by atoms with Gasteiger partial charge in [-0.1, -0.05) is 48.6 Å². The van der Waals surface area contributed by atoms with Gasteiger partial charge in [-0.05, 0) is 49.2 Å². The van der Waals surface area contributed by atoms with Crippen molar-refractivity contribution in [2.24, 2.45) is 5.92 Å². The fourth-order valence-electron chi connectivity index (χ4n) is 3.73. The van der Waals surface area contributed by atoms with Gasteiger partial charge in [0.15, 0.2) is 0 Å². The molecule has 4 rings (SSSR count). The molecular formula is C24H26N4O. The summed E-state index contributed by atoms with van der Waals surface area (Å²) in [7, 11) is 0. The summed E-state index contributed by atoms with van der Waals surface area (Å²) in [6.07, 6.45) is 9.94. The van der Waals surface area contributed by atoms with Gasteiger partial charge in [-0.3, -0.25) is 9.69 Å². The van der Waals surface area contributed by atoms with Crippen LogP contribution in [0.2, 0.25) is 0 Å². The van der Waals surface area contributed by atoms with E-state index in [0.29, 0.717) is 0 Å². The molecule has 0 unspecified atom stereocenters. The van der Waals surface area contributed by atoms with Crippen LogP contribution < -0.4 is 5.32 Å². The van der Waals surface area contributed by atoms with Crippen LogP contribution in [0.1, 0.15) is 18.4 Å². The first-order chi connectivity index (χ1) is 14.3. The Morgan fingerprint density at radius 1 is 1.14 bits per heavy atom. The first-order valence-corrected chi connectivity index (χ1v) is 10.1. The minimum Gasteiger partial charge on any atom is -0.326 e. The molecule has 1 N–H and O–H groups in total. The molecule has 1 aliphatic rings. The van der Waals surface area contributed by atoms with Crippen LogP contribution in [0.3, 0.4) is 0 Å². The number of nitrogens with zero attached hydrogens (tertiary/aromatic N) is 3. The number of rotatable bonds is 6. The van der Waals surface area contributed by atoms with Crippen LogP contribution in [0.4, 0.5) is 5.69 Å². The quantitative estimate of drug-likeness (QED) is 0.689. The summed E-state index contributed by atoms with van der Waals surface area (Å²) in [6, 6.07) is 20.0. The third kappa shape index (κ3) is 5.21. The standard InChI is InChI=1S/C24H26N4O/c29-24(26-22-12-4-13-23(18-22)28-17-7-14-25-28)21-11-6-16-27(19-21)15-5-10-20-8-2-1-3-9-20/h1-5,7-10,12-14,17-18,21H,6,11,15-16,19H2,(H,26,29)/b10-5+/t21-/m0/s1. The lowest BCUT2D eigenvalue weighted by Gasteiger charge is -2.31. The molecular weight excluding hydrogens is 360 g/mol. The molecule has 1 aliphatic heterocycles. The van der Waals surface area contributed by atoms with Gasteiger partial charge < -0.3 is 5.32 Å². The zero-order valence-electron chi connectivity index (χ0n) is 16.4. The molecule has 0 aliphatic carbocycles. The molecule has 1 aromatic heterocycles.